The largest absolute Gasteiger partial charge is 0.504 e. The maximum Gasteiger partial charge on any atom is 0.208 e. The highest BCUT2D eigenvalue weighted by atomic mass is 79.9. The summed E-state index contributed by atoms with van der Waals surface area (Å²) in [6.07, 6.45) is 0.861. The van der Waals surface area contributed by atoms with E-state index in [1.807, 2.05) is 7.05 Å². The van der Waals surface area contributed by atoms with Gasteiger partial charge in [-0.15, -0.1) is 0 Å². The van der Waals surface area contributed by atoms with Gasteiger partial charge in [-0.05, 0) is 47.9 Å². The molecule has 4 nitrogen and oxygen atoms in total. The van der Waals surface area contributed by atoms with Crippen LogP contribution in [0.2, 0.25) is 0 Å². The number of likely N-dealkylation sites (tertiary alicyclic amines) is 1. The van der Waals surface area contributed by atoms with Crippen molar-refractivity contribution in [3.63, 3.8) is 0 Å². The maximum absolute atomic E-state index is 14.0. The molecule has 0 radical (unpaired) electrons. The van der Waals surface area contributed by atoms with Gasteiger partial charge in [-0.3, -0.25) is 4.90 Å². The zero-order valence-corrected chi connectivity index (χ0v) is 12.6. The number of benzene rings is 1. The van der Waals surface area contributed by atoms with E-state index in [-0.39, 0.29) is 11.8 Å². The summed E-state index contributed by atoms with van der Waals surface area (Å²) in [7, 11) is 3.39. The second-order valence-corrected chi connectivity index (χ2v) is 5.79. The molecular weight excluding hydrogens is 315 g/mol. The number of phenols is 1. The minimum absolute atomic E-state index is 0.0508. The number of methoxy groups -OCH3 is 1. The molecule has 0 amide bonds. The molecule has 0 bridgehead atoms. The van der Waals surface area contributed by atoms with Gasteiger partial charge in [-0.25, -0.2) is 0 Å². The highest BCUT2D eigenvalue weighted by Gasteiger charge is 2.33. The molecule has 1 aromatic rings. The quantitative estimate of drug-likeness (QED) is 0.891. The zero-order chi connectivity index (χ0) is 14.2. The van der Waals surface area contributed by atoms with E-state index in [2.05, 4.69) is 20.8 Å². The van der Waals surface area contributed by atoms with Gasteiger partial charge in [0.2, 0.25) is 5.82 Å². The molecule has 2 unspecified atom stereocenters. The number of phenolic OH excluding ortho intramolecular Hbond substituents is 1. The van der Waals surface area contributed by atoms with E-state index < -0.39 is 11.6 Å². The molecule has 1 saturated heterocycles. The molecule has 1 aliphatic rings. The monoisotopic (exact) mass is 332 g/mol. The van der Waals surface area contributed by atoms with Gasteiger partial charge < -0.3 is 15.6 Å². The summed E-state index contributed by atoms with van der Waals surface area (Å²) >= 11 is 3.17. The van der Waals surface area contributed by atoms with Crippen LogP contribution in [0, 0.1) is 11.7 Å². The first-order chi connectivity index (χ1) is 8.99. The average molecular weight is 333 g/mol. The molecule has 1 heterocycles. The molecule has 106 valence electrons. The van der Waals surface area contributed by atoms with Gasteiger partial charge in [0.25, 0.3) is 0 Å². The van der Waals surface area contributed by atoms with E-state index in [0.29, 0.717) is 16.9 Å². The summed E-state index contributed by atoms with van der Waals surface area (Å²) in [5, 5.41) is 9.61. The van der Waals surface area contributed by atoms with Crippen LogP contribution in [0.15, 0.2) is 10.5 Å². The highest BCUT2D eigenvalue weighted by Crippen LogP contribution is 2.44. The number of rotatable bonds is 3. The lowest BCUT2D eigenvalue weighted by atomic mass is 9.98. The minimum Gasteiger partial charge on any atom is -0.504 e. The number of hydrogen-bond acceptors (Lipinski definition) is 4. The molecule has 19 heavy (non-hydrogen) atoms. The second kappa shape index (κ2) is 5.64. The van der Waals surface area contributed by atoms with E-state index in [1.165, 1.54) is 7.11 Å². The molecule has 1 aliphatic heterocycles. The van der Waals surface area contributed by atoms with Crippen LogP contribution in [0.25, 0.3) is 0 Å². The van der Waals surface area contributed by atoms with Gasteiger partial charge in [-0.2, -0.15) is 4.39 Å². The van der Waals surface area contributed by atoms with Crippen LogP contribution in [0.4, 0.5) is 4.39 Å². The van der Waals surface area contributed by atoms with Crippen LogP contribution >= 0.6 is 15.9 Å². The fourth-order valence-corrected chi connectivity index (χ4v) is 3.13. The fourth-order valence-electron chi connectivity index (χ4n) is 2.70. The maximum atomic E-state index is 14.0. The number of aromatic hydroxyl groups is 1. The van der Waals surface area contributed by atoms with E-state index >= 15 is 0 Å². The number of ether oxygens (including phenoxy) is 1. The standard InChI is InChI=1S/C13H18BrFN2O2/c1-17-6-7(5-16)3-10(17)8-4-9(14)12(18)11(15)13(8)19-2/h4,7,10,18H,3,5-6,16H2,1-2H3. The van der Waals surface area contributed by atoms with Crippen LogP contribution < -0.4 is 10.5 Å². The molecule has 0 saturated carbocycles. The van der Waals surface area contributed by atoms with Crippen molar-refractivity contribution in [2.75, 3.05) is 27.2 Å². The SMILES string of the molecule is COc1c(C2CC(CN)CN2C)cc(Br)c(O)c1F. The van der Waals surface area contributed by atoms with Gasteiger partial charge in [0.1, 0.15) is 0 Å². The normalized spacial score (nSPS) is 23.8. The third-order valence-electron chi connectivity index (χ3n) is 3.71. The van der Waals surface area contributed by atoms with Crippen molar-refractivity contribution in [3.05, 3.63) is 21.9 Å². The molecule has 0 aromatic heterocycles. The van der Waals surface area contributed by atoms with Gasteiger partial charge >= 0.3 is 0 Å². The number of hydrogen-bond donors (Lipinski definition) is 2. The molecule has 2 rings (SSSR count). The van der Waals surface area contributed by atoms with Crippen LogP contribution in [-0.4, -0.2) is 37.3 Å². The Kier molecular flexibility index (Phi) is 4.32. The molecule has 0 aliphatic carbocycles. The lowest BCUT2D eigenvalue weighted by molar-refractivity contribution is 0.295. The molecule has 3 N–H and O–H groups in total. The smallest absolute Gasteiger partial charge is 0.208 e. The summed E-state index contributed by atoms with van der Waals surface area (Å²) in [5.41, 5.74) is 6.45. The summed E-state index contributed by atoms with van der Waals surface area (Å²) in [5.74, 6) is -0.640. The number of halogens is 2. The predicted molar refractivity (Wildman–Crippen MR) is 74.8 cm³/mol. The predicted octanol–water partition coefficient (Wildman–Crippen LogP) is 2.25. The van der Waals surface area contributed by atoms with Crippen molar-refractivity contribution < 1.29 is 14.2 Å². The van der Waals surface area contributed by atoms with Crippen molar-refractivity contribution >= 4 is 15.9 Å². The van der Waals surface area contributed by atoms with Gasteiger partial charge in [0.15, 0.2) is 11.5 Å². The summed E-state index contributed by atoms with van der Waals surface area (Å²) in [6.45, 7) is 1.50. The van der Waals surface area contributed by atoms with E-state index in [0.717, 1.165) is 18.5 Å². The molecule has 1 aromatic carbocycles. The Hall–Kier alpha value is -0.850. The van der Waals surface area contributed by atoms with Crippen LogP contribution in [-0.2, 0) is 0 Å². The van der Waals surface area contributed by atoms with Gasteiger partial charge in [0.05, 0.1) is 11.6 Å². The van der Waals surface area contributed by atoms with Gasteiger partial charge in [-0.1, -0.05) is 0 Å². The van der Waals surface area contributed by atoms with Crippen LogP contribution in [0.1, 0.15) is 18.0 Å². The zero-order valence-electron chi connectivity index (χ0n) is 11.0. The topological polar surface area (TPSA) is 58.7 Å². The van der Waals surface area contributed by atoms with E-state index in [4.69, 9.17) is 10.5 Å². The molecule has 2 atom stereocenters. The summed E-state index contributed by atoms with van der Waals surface area (Å²) in [6, 6.07) is 1.77. The second-order valence-electron chi connectivity index (χ2n) is 4.94. The van der Waals surface area contributed by atoms with Crippen molar-refractivity contribution in [1.29, 1.82) is 0 Å². The Morgan fingerprint density at radius 1 is 1.63 bits per heavy atom. The Bertz CT molecular complexity index is 484. The molecular formula is C13H18BrFN2O2. The fraction of sp³-hybridized carbons (Fsp3) is 0.538. The Labute approximate surface area is 120 Å². The molecule has 0 spiro atoms. The Balaban J connectivity index is 2.45. The van der Waals surface area contributed by atoms with Crippen molar-refractivity contribution in [3.8, 4) is 11.5 Å². The van der Waals surface area contributed by atoms with Crippen molar-refractivity contribution in [2.45, 2.75) is 12.5 Å². The first-order valence-electron chi connectivity index (χ1n) is 6.14. The third-order valence-corrected chi connectivity index (χ3v) is 4.31. The van der Waals surface area contributed by atoms with Crippen LogP contribution in [0.5, 0.6) is 11.5 Å². The van der Waals surface area contributed by atoms with E-state index in [1.54, 1.807) is 6.07 Å². The van der Waals surface area contributed by atoms with Crippen molar-refractivity contribution in [2.24, 2.45) is 11.7 Å². The molecule has 6 heteroatoms. The Morgan fingerprint density at radius 3 is 2.84 bits per heavy atom. The van der Waals surface area contributed by atoms with Crippen molar-refractivity contribution in [1.82, 2.24) is 4.90 Å². The average Bonchev–Trinajstić information content (AvgIpc) is 2.77. The lowest BCUT2D eigenvalue weighted by Crippen LogP contribution is -2.21. The number of nitrogens with two attached hydrogens (primary N) is 1. The summed E-state index contributed by atoms with van der Waals surface area (Å²) < 4.78 is 19.5. The number of nitrogens with zero attached hydrogens (tertiary/aromatic N) is 1. The third kappa shape index (κ3) is 2.57. The summed E-state index contributed by atoms with van der Waals surface area (Å²) in [4.78, 5) is 2.14. The van der Waals surface area contributed by atoms with E-state index in [9.17, 15) is 9.50 Å². The lowest BCUT2D eigenvalue weighted by Gasteiger charge is -2.22. The Morgan fingerprint density at radius 2 is 2.32 bits per heavy atom. The first-order valence-corrected chi connectivity index (χ1v) is 6.94. The van der Waals surface area contributed by atoms with Crippen LogP contribution in [0.3, 0.4) is 0 Å². The van der Waals surface area contributed by atoms with Gasteiger partial charge in [0, 0.05) is 18.2 Å². The highest BCUT2D eigenvalue weighted by molar-refractivity contribution is 9.10. The minimum atomic E-state index is -0.725. The molecule has 1 fully saturated rings. The first kappa shape index (κ1) is 14.6.